The van der Waals surface area contributed by atoms with Crippen LogP contribution in [-0.4, -0.2) is 53.6 Å². The van der Waals surface area contributed by atoms with Crippen LogP contribution < -0.4 is 0 Å². The highest BCUT2D eigenvalue weighted by Crippen LogP contribution is 2.30. The number of rotatable bonds is 7. The van der Waals surface area contributed by atoms with Crippen molar-refractivity contribution < 1.29 is 9.32 Å². The van der Waals surface area contributed by atoms with Crippen molar-refractivity contribution in [3.63, 3.8) is 0 Å². The Morgan fingerprint density at radius 1 is 1.35 bits per heavy atom. The summed E-state index contributed by atoms with van der Waals surface area (Å²) in [5, 5.41) is 3.88. The number of carbonyl (C=O) groups excluding carboxylic acids is 1. The zero-order valence-electron chi connectivity index (χ0n) is 14.5. The van der Waals surface area contributed by atoms with Crippen LogP contribution in [0.3, 0.4) is 0 Å². The lowest BCUT2D eigenvalue weighted by molar-refractivity contribution is 0.0627. The summed E-state index contributed by atoms with van der Waals surface area (Å²) in [6.07, 6.45) is 6.34. The molecule has 5 nitrogen and oxygen atoms in total. The largest absolute Gasteiger partial charge is 0.361 e. The maximum Gasteiger partial charge on any atom is 0.276 e. The second-order valence-electron chi connectivity index (χ2n) is 7.29. The van der Waals surface area contributed by atoms with Gasteiger partial charge in [-0.25, -0.2) is 0 Å². The summed E-state index contributed by atoms with van der Waals surface area (Å²) >= 11 is 0. The zero-order valence-corrected chi connectivity index (χ0v) is 14.5. The van der Waals surface area contributed by atoms with Crippen molar-refractivity contribution in [1.82, 2.24) is 15.0 Å². The first-order valence-electron chi connectivity index (χ1n) is 9.10. The molecule has 2 heterocycles. The Hall–Kier alpha value is -1.36. The van der Waals surface area contributed by atoms with Gasteiger partial charge in [-0.2, -0.15) is 0 Å². The molecule has 1 aliphatic carbocycles. The highest BCUT2D eigenvalue weighted by Gasteiger charge is 2.29. The fourth-order valence-corrected chi connectivity index (χ4v) is 3.63. The Morgan fingerprint density at radius 3 is 2.78 bits per heavy atom. The van der Waals surface area contributed by atoms with Crippen LogP contribution >= 0.6 is 0 Å². The summed E-state index contributed by atoms with van der Waals surface area (Å²) in [7, 11) is 0. The number of amides is 1. The fourth-order valence-electron chi connectivity index (χ4n) is 3.63. The summed E-state index contributed by atoms with van der Waals surface area (Å²) < 4.78 is 5.04. The molecule has 2 aliphatic rings. The molecule has 5 heteroatoms. The van der Waals surface area contributed by atoms with Gasteiger partial charge in [-0.1, -0.05) is 12.1 Å². The minimum absolute atomic E-state index is 0.0239. The molecule has 1 aromatic heterocycles. The van der Waals surface area contributed by atoms with E-state index in [4.69, 9.17) is 4.52 Å². The van der Waals surface area contributed by atoms with Crippen LogP contribution in [0.2, 0.25) is 0 Å². The summed E-state index contributed by atoms with van der Waals surface area (Å²) in [6, 6.07) is 1.74. The Bertz CT molecular complexity index is 524. The van der Waals surface area contributed by atoms with Crippen molar-refractivity contribution in [2.75, 3.05) is 32.7 Å². The van der Waals surface area contributed by atoms with Gasteiger partial charge in [0.15, 0.2) is 5.69 Å². The maximum atomic E-state index is 12.5. The molecule has 1 aliphatic heterocycles. The predicted octanol–water partition coefficient (Wildman–Crippen LogP) is 2.96. The molecule has 23 heavy (non-hydrogen) atoms. The predicted molar refractivity (Wildman–Crippen MR) is 89.3 cm³/mol. The average molecular weight is 319 g/mol. The van der Waals surface area contributed by atoms with Gasteiger partial charge in [0.05, 0.1) is 0 Å². The fraction of sp³-hybridized carbons (Fsp3) is 0.778. The number of hydrogen-bond acceptors (Lipinski definition) is 4. The van der Waals surface area contributed by atoms with E-state index < -0.39 is 0 Å². The number of aryl methyl sites for hydroxylation is 1. The van der Waals surface area contributed by atoms with E-state index in [9.17, 15) is 4.79 Å². The number of aromatic nitrogens is 1. The maximum absolute atomic E-state index is 12.5. The van der Waals surface area contributed by atoms with Crippen molar-refractivity contribution in [1.29, 1.82) is 0 Å². The molecular weight excluding hydrogens is 290 g/mol. The Morgan fingerprint density at radius 2 is 2.13 bits per heavy atom. The van der Waals surface area contributed by atoms with Gasteiger partial charge >= 0.3 is 0 Å². The van der Waals surface area contributed by atoms with Crippen LogP contribution in [-0.2, 0) is 0 Å². The Balaban J connectivity index is 1.55. The first-order chi connectivity index (χ1) is 11.2. The molecule has 128 valence electrons. The van der Waals surface area contributed by atoms with E-state index in [2.05, 4.69) is 17.0 Å². The molecule has 1 saturated heterocycles. The zero-order chi connectivity index (χ0) is 16.2. The van der Waals surface area contributed by atoms with Gasteiger partial charge < -0.3 is 14.3 Å². The van der Waals surface area contributed by atoms with E-state index in [0.717, 1.165) is 32.0 Å². The van der Waals surface area contributed by atoms with Crippen LogP contribution in [0.4, 0.5) is 0 Å². The van der Waals surface area contributed by atoms with E-state index in [1.54, 1.807) is 6.07 Å². The van der Waals surface area contributed by atoms with Gasteiger partial charge in [-0.3, -0.25) is 4.79 Å². The second kappa shape index (κ2) is 7.47. The minimum atomic E-state index is 0.0239. The Kier molecular flexibility index (Phi) is 5.36. The second-order valence-corrected chi connectivity index (χ2v) is 7.29. The monoisotopic (exact) mass is 319 g/mol. The molecule has 1 saturated carbocycles. The van der Waals surface area contributed by atoms with Crippen LogP contribution in [0.1, 0.15) is 55.3 Å². The van der Waals surface area contributed by atoms with E-state index in [1.165, 1.54) is 38.8 Å². The molecule has 0 spiro atoms. The normalized spacial score (nSPS) is 21.9. The van der Waals surface area contributed by atoms with Crippen molar-refractivity contribution in [3.8, 4) is 0 Å². The molecule has 3 rings (SSSR count). The lowest BCUT2D eigenvalue weighted by Gasteiger charge is -2.35. The van der Waals surface area contributed by atoms with E-state index >= 15 is 0 Å². The quantitative estimate of drug-likeness (QED) is 0.775. The Labute approximate surface area is 139 Å². The number of carbonyl (C=O) groups is 1. The summed E-state index contributed by atoms with van der Waals surface area (Å²) in [4.78, 5) is 17.1. The lowest BCUT2D eigenvalue weighted by Crippen LogP contribution is -2.44. The number of piperidine rings is 1. The van der Waals surface area contributed by atoms with Crippen molar-refractivity contribution in [3.05, 3.63) is 17.5 Å². The molecule has 1 atom stereocenters. The van der Waals surface area contributed by atoms with Crippen molar-refractivity contribution >= 4 is 5.91 Å². The molecule has 2 fully saturated rings. The van der Waals surface area contributed by atoms with E-state index in [1.807, 2.05) is 11.8 Å². The van der Waals surface area contributed by atoms with Gasteiger partial charge in [0.2, 0.25) is 0 Å². The molecule has 0 N–H and O–H groups in total. The van der Waals surface area contributed by atoms with E-state index in [0.29, 0.717) is 17.4 Å². The van der Waals surface area contributed by atoms with Gasteiger partial charge in [0.1, 0.15) is 5.76 Å². The molecular formula is C18H29N3O2. The SMILES string of the molecule is CCCN(CC1CC1)CC1CCCN(C(=O)c2cc(C)on2)C1. The topological polar surface area (TPSA) is 49.6 Å². The third-order valence-corrected chi connectivity index (χ3v) is 4.92. The molecule has 1 aromatic rings. The first kappa shape index (κ1) is 16.5. The van der Waals surface area contributed by atoms with Gasteiger partial charge in [-0.15, -0.1) is 0 Å². The third kappa shape index (κ3) is 4.56. The first-order valence-corrected chi connectivity index (χ1v) is 9.10. The van der Waals surface area contributed by atoms with Crippen LogP contribution in [0.25, 0.3) is 0 Å². The van der Waals surface area contributed by atoms with Crippen LogP contribution in [0, 0.1) is 18.8 Å². The van der Waals surface area contributed by atoms with Crippen LogP contribution in [0.15, 0.2) is 10.6 Å². The smallest absolute Gasteiger partial charge is 0.276 e. The molecule has 0 radical (unpaired) electrons. The standard InChI is InChI=1S/C18H29N3O2/c1-3-8-20(11-15-6-7-15)12-16-5-4-9-21(13-16)18(22)17-10-14(2)23-19-17/h10,15-16H,3-9,11-13H2,1-2H3. The third-order valence-electron chi connectivity index (χ3n) is 4.92. The van der Waals surface area contributed by atoms with Gasteiger partial charge in [0.25, 0.3) is 5.91 Å². The molecule has 1 unspecified atom stereocenters. The highest BCUT2D eigenvalue weighted by molar-refractivity contribution is 5.92. The lowest BCUT2D eigenvalue weighted by atomic mass is 9.96. The summed E-state index contributed by atoms with van der Waals surface area (Å²) in [5.41, 5.74) is 0.451. The number of hydrogen-bond donors (Lipinski definition) is 0. The van der Waals surface area contributed by atoms with Crippen LogP contribution in [0.5, 0.6) is 0 Å². The van der Waals surface area contributed by atoms with Crippen molar-refractivity contribution in [2.45, 2.75) is 46.0 Å². The average Bonchev–Trinajstić information content (AvgIpc) is 3.25. The summed E-state index contributed by atoms with van der Waals surface area (Å²) in [6.45, 7) is 9.34. The van der Waals surface area contributed by atoms with Gasteiger partial charge in [-0.05, 0) is 57.4 Å². The van der Waals surface area contributed by atoms with Crippen molar-refractivity contribution in [2.24, 2.45) is 11.8 Å². The molecule has 0 aromatic carbocycles. The summed E-state index contributed by atoms with van der Waals surface area (Å²) in [5.74, 6) is 2.24. The molecule has 1 amide bonds. The highest BCUT2D eigenvalue weighted by atomic mass is 16.5. The number of likely N-dealkylation sites (tertiary alicyclic amines) is 1. The minimum Gasteiger partial charge on any atom is -0.361 e. The van der Waals surface area contributed by atoms with E-state index in [-0.39, 0.29) is 5.91 Å². The molecule has 0 bridgehead atoms. The number of nitrogens with zero attached hydrogens (tertiary/aromatic N) is 3. The van der Waals surface area contributed by atoms with Gasteiger partial charge in [0, 0.05) is 32.2 Å².